The van der Waals surface area contributed by atoms with Crippen LogP contribution in [0.25, 0.3) is 0 Å². The van der Waals surface area contributed by atoms with Gasteiger partial charge in [-0.15, -0.1) is 0 Å². The molecule has 96 valence electrons. The molecule has 0 aliphatic rings. The first-order valence-corrected chi connectivity index (χ1v) is 6.71. The Morgan fingerprint density at radius 2 is 2.00 bits per heavy atom. The van der Waals surface area contributed by atoms with Crippen LogP contribution in [0.5, 0.6) is 0 Å². The third-order valence-corrected chi connectivity index (χ3v) is 4.15. The molecule has 1 N–H and O–H groups in total. The molecule has 2 atom stereocenters. The molecule has 2 unspecified atom stereocenters. The molecule has 1 aromatic heterocycles. The summed E-state index contributed by atoms with van der Waals surface area (Å²) in [6, 6.07) is 3.32. The standard InChI is InChI=1S/C12H20N2O2S/c1-9(13-17(16)12(2,3)4)10-6-7-14(5)11(15)8-10/h6-9,13H,1-5H3. The minimum atomic E-state index is -1.14. The molecule has 0 radical (unpaired) electrons. The lowest BCUT2D eigenvalue weighted by atomic mass is 10.1. The Bertz CT molecular complexity index is 474. The Kier molecular flexibility index (Phi) is 4.27. The van der Waals surface area contributed by atoms with Crippen molar-refractivity contribution >= 4 is 11.0 Å². The van der Waals surface area contributed by atoms with Gasteiger partial charge < -0.3 is 4.57 Å². The van der Waals surface area contributed by atoms with Crippen molar-refractivity contribution in [3.63, 3.8) is 0 Å². The van der Waals surface area contributed by atoms with E-state index in [9.17, 15) is 9.00 Å². The van der Waals surface area contributed by atoms with Crippen LogP contribution < -0.4 is 10.3 Å². The number of pyridine rings is 1. The highest BCUT2D eigenvalue weighted by Crippen LogP contribution is 2.15. The van der Waals surface area contributed by atoms with Gasteiger partial charge in [-0.2, -0.15) is 0 Å². The van der Waals surface area contributed by atoms with Crippen LogP contribution in [-0.4, -0.2) is 13.5 Å². The number of hydrogen-bond acceptors (Lipinski definition) is 2. The van der Waals surface area contributed by atoms with Gasteiger partial charge in [0.25, 0.3) is 5.56 Å². The summed E-state index contributed by atoms with van der Waals surface area (Å²) in [7, 11) is 0.567. The quantitative estimate of drug-likeness (QED) is 0.891. The van der Waals surface area contributed by atoms with E-state index in [1.54, 1.807) is 19.3 Å². The number of nitrogens with zero attached hydrogens (tertiary/aromatic N) is 1. The fraction of sp³-hybridized carbons (Fsp3) is 0.583. The summed E-state index contributed by atoms with van der Waals surface area (Å²) in [5.74, 6) is 0. The second-order valence-electron chi connectivity index (χ2n) is 5.13. The minimum absolute atomic E-state index is 0.0577. The lowest BCUT2D eigenvalue weighted by molar-refractivity contribution is 0.615. The largest absolute Gasteiger partial charge is 0.319 e. The lowest BCUT2D eigenvalue weighted by Gasteiger charge is -2.22. The molecule has 1 aromatic rings. The van der Waals surface area contributed by atoms with E-state index in [0.717, 1.165) is 5.56 Å². The van der Waals surface area contributed by atoms with Crippen molar-refractivity contribution in [2.24, 2.45) is 7.05 Å². The van der Waals surface area contributed by atoms with Crippen LogP contribution in [0, 0.1) is 0 Å². The molecule has 0 amide bonds. The van der Waals surface area contributed by atoms with Crippen molar-refractivity contribution < 1.29 is 4.21 Å². The van der Waals surface area contributed by atoms with Crippen LogP contribution in [0.15, 0.2) is 23.1 Å². The maximum atomic E-state index is 11.9. The summed E-state index contributed by atoms with van der Waals surface area (Å²) in [5.41, 5.74) is 0.795. The zero-order chi connectivity index (χ0) is 13.2. The van der Waals surface area contributed by atoms with Crippen molar-refractivity contribution in [3.05, 3.63) is 34.2 Å². The highest BCUT2D eigenvalue weighted by molar-refractivity contribution is 7.84. The lowest BCUT2D eigenvalue weighted by Crippen LogP contribution is -2.35. The van der Waals surface area contributed by atoms with E-state index < -0.39 is 11.0 Å². The molecule has 0 aromatic carbocycles. The van der Waals surface area contributed by atoms with Gasteiger partial charge in [0, 0.05) is 25.4 Å². The van der Waals surface area contributed by atoms with Gasteiger partial charge in [-0.25, -0.2) is 8.93 Å². The fourth-order valence-electron chi connectivity index (χ4n) is 1.24. The van der Waals surface area contributed by atoms with Crippen molar-refractivity contribution in [1.82, 2.24) is 9.29 Å². The molecule has 5 heteroatoms. The summed E-state index contributed by atoms with van der Waals surface area (Å²) in [6.45, 7) is 7.63. The van der Waals surface area contributed by atoms with Gasteiger partial charge in [0.05, 0.1) is 15.7 Å². The molecule has 0 spiro atoms. The SMILES string of the molecule is CC(NS(=O)C(C)(C)C)c1ccn(C)c(=O)c1. The molecule has 0 fully saturated rings. The van der Waals surface area contributed by atoms with Gasteiger partial charge >= 0.3 is 0 Å². The molecule has 4 nitrogen and oxygen atoms in total. The molecule has 0 saturated heterocycles. The van der Waals surface area contributed by atoms with E-state index in [0.29, 0.717) is 0 Å². The number of aromatic nitrogens is 1. The Morgan fingerprint density at radius 1 is 1.41 bits per heavy atom. The molecule has 0 aliphatic carbocycles. The Hall–Kier alpha value is -0.940. The Morgan fingerprint density at radius 3 is 2.47 bits per heavy atom. The van der Waals surface area contributed by atoms with Crippen molar-refractivity contribution in [2.45, 2.75) is 38.5 Å². The number of aryl methyl sites for hydroxylation is 1. The van der Waals surface area contributed by atoms with Crippen LogP contribution in [0.1, 0.15) is 39.3 Å². The number of nitrogens with one attached hydrogen (secondary N) is 1. The molecule has 0 saturated carbocycles. The predicted molar refractivity (Wildman–Crippen MR) is 71.1 cm³/mol. The third-order valence-electron chi connectivity index (χ3n) is 2.47. The molecule has 0 bridgehead atoms. The van der Waals surface area contributed by atoms with Crippen LogP contribution in [0.3, 0.4) is 0 Å². The van der Waals surface area contributed by atoms with Crippen LogP contribution in [0.4, 0.5) is 0 Å². The zero-order valence-corrected chi connectivity index (χ0v) is 11.8. The first kappa shape index (κ1) is 14.1. The fourth-order valence-corrected chi connectivity index (χ4v) is 2.05. The summed E-state index contributed by atoms with van der Waals surface area (Å²) in [4.78, 5) is 11.5. The molecular formula is C12H20N2O2S. The monoisotopic (exact) mass is 256 g/mol. The average molecular weight is 256 g/mol. The zero-order valence-electron chi connectivity index (χ0n) is 11.0. The van der Waals surface area contributed by atoms with Gasteiger partial charge in [-0.05, 0) is 39.3 Å². The molecule has 0 aliphatic heterocycles. The second kappa shape index (κ2) is 5.14. The van der Waals surface area contributed by atoms with Crippen LogP contribution >= 0.6 is 0 Å². The van der Waals surface area contributed by atoms with Crippen LogP contribution in [-0.2, 0) is 18.0 Å². The highest BCUT2D eigenvalue weighted by atomic mass is 32.2. The summed E-state index contributed by atoms with van der Waals surface area (Å²) < 4.78 is 16.1. The van der Waals surface area contributed by atoms with E-state index >= 15 is 0 Å². The molecule has 17 heavy (non-hydrogen) atoms. The van der Waals surface area contributed by atoms with Gasteiger partial charge in [0.1, 0.15) is 0 Å². The topological polar surface area (TPSA) is 51.1 Å². The van der Waals surface area contributed by atoms with E-state index in [1.807, 2.05) is 33.8 Å². The van der Waals surface area contributed by atoms with E-state index in [-0.39, 0.29) is 16.3 Å². The summed E-state index contributed by atoms with van der Waals surface area (Å²) >= 11 is 0. The van der Waals surface area contributed by atoms with Crippen LogP contribution in [0.2, 0.25) is 0 Å². The van der Waals surface area contributed by atoms with Crippen molar-refractivity contribution in [1.29, 1.82) is 0 Å². The van der Waals surface area contributed by atoms with E-state index in [4.69, 9.17) is 0 Å². The Labute approximate surface area is 105 Å². The second-order valence-corrected chi connectivity index (χ2v) is 7.13. The average Bonchev–Trinajstić information content (AvgIpc) is 2.20. The smallest absolute Gasteiger partial charge is 0.250 e. The normalized spacial score (nSPS) is 15.6. The van der Waals surface area contributed by atoms with E-state index in [1.165, 1.54) is 4.57 Å². The van der Waals surface area contributed by atoms with Crippen molar-refractivity contribution in [2.75, 3.05) is 0 Å². The number of rotatable bonds is 3. The summed E-state index contributed by atoms with van der Waals surface area (Å²) in [6.07, 6.45) is 1.72. The third kappa shape index (κ3) is 3.78. The number of hydrogen-bond donors (Lipinski definition) is 1. The predicted octanol–water partition coefficient (Wildman–Crippen LogP) is 1.50. The summed E-state index contributed by atoms with van der Waals surface area (Å²) in [5, 5.41) is 0. The molecule has 1 heterocycles. The van der Waals surface area contributed by atoms with Gasteiger partial charge in [0.15, 0.2) is 0 Å². The van der Waals surface area contributed by atoms with Gasteiger partial charge in [-0.1, -0.05) is 0 Å². The minimum Gasteiger partial charge on any atom is -0.319 e. The first-order valence-electron chi connectivity index (χ1n) is 5.56. The van der Waals surface area contributed by atoms with Gasteiger partial charge in [0.2, 0.25) is 0 Å². The maximum absolute atomic E-state index is 11.9. The Balaban J connectivity index is 2.84. The first-order chi connectivity index (χ1) is 7.71. The molecular weight excluding hydrogens is 236 g/mol. The highest BCUT2D eigenvalue weighted by Gasteiger charge is 2.21. The van der Waals surface area contributed by atoms with Crippen molar-refractivity contribution in [3.8, 4) is 0 Å². The maximum Gasteiger partial charge on any atom is 0.250 e. The van der Waals surface area contributed by atoms with E-state index in [2.05, 4.69) is 4.72 Å². The van der Waals surface area contributed by atoms with Gasteiger partial charge in [-0.3, -0.25) is 4.79 Å². The molecule has 1 rings (SSSR count).